The molecule has 0 heterocycles. The van der Waals surface area contributed by atoms with E-state index >= 15 is 0 Å². The van der Waals surface area contributed by atoms with E-state index in [1.54, 1.807) is 0 Å². The Morgan fingerprint density at radius 3 is 1.33 bits per heavy atom. The Morgan fingerprint density at radius 2 is 0.933 bits per heavy atom. The van der Waals surface area contributed by atoms with Crippen LogP contribution in [0.4, 0.5) is 0 Å². The highest BCUT2D eigenvalue weighted by atomic mass is 14.2. The molecule has 1 heteroatoms. The first-order valence-corrected chi connectivity index (χ1v) is 10.1. The molecule has 0 N–H and O–H groups in total. The van der Waals surface area contributed by atoms with Crippen LogP contribution in [0.25, 0.3) is 33.9 Å². The number of nitrogens with zero attached hydrogens (tertiary/aromatic N) is 1. The molecule has 144 valence electrons. The first-order chi connectivity index (χ1) is 14.6. The van der Waals surface area contributed by atoms with Gasteiger partial charge in [-0.05, 0) is 53.3 Å². The van der Waals surface area contributed by atoms with Crippen molar-refractivity contribution >= 4 is 11.6 Å². The maximum Gasteiger partial charge on any atom is 0.0998 e. The Bertz CT molecular complexity index is 1200. The fourth-order valence-corrected chi connectivity index (χ4v) is 3.45. The van der Waals surface area contributed by atoms with Crippen molar-refractivity contribution in [2.75, 3.05) is 0 Å². The molecule has 0 atom stereocenters. The summed E-state index contributed by atoms with van der Waals surface area (Å²) >= 11 is 0. The average molecular weight is 386 g/mol. The minimum atomic E-state index is 0.661. The third-order valence-corrected chi connectivity index (χ3v) is 5.31. The quantitative estimate of drug-likeness (QED) is 0.261. The fourth-order valence-electron chi connectivity index (χ4n) is 3.45. The first-order valence-electron chi connectivity index (χ1n) is 10.1. The lowest BCUT2D eigenvalue weighted by Gasteiger charge is -2.06. The summed E-state index contributed by atoms with van der Waals surface area (Å²) in [5.74, 6) is 0. The number of hydrogen-bond acceptors (Lipinski definition) is 1. The molecule has 4 aromatic carbocycles. The van der Waals surface area contributed by atoms with E-state index in [0.29, 0.717) is 5.57 Å². The Hall–Kier alpha value is -3.89. The minimum absolute atomic E-state index is 0.661. The summed E-state index contributed by atoms with van der Waals surface area (Å²) in [6.07, 6.45) is 1.94. The summed E-state index contributed by atoms with van der Waals surface area (Å²) in [5.41, 5.74) is 9.81. The topological polar surface area (TPSA) is 23.8 Å². The third kappa shape index (κ3) is 4.40. The van der Waals surface area contributed by atoms with E-state index in [1.807, 2.05) is 18.2 Å². The highest BCUT2D eigenvalue weighted by Gasteiger charge is 2.04. The molecule has 0 bridgehead atoms. The van der Waals surface area contributed by atoms with Gasteiger partial charge in [-0.2, -0.15) is 5.26 Å². The second kappa shape index (κ2) is 8.64. The van der Waals surface area contributed by atoms with E-state index < -0.39 is 0 Å². The number of allylic oxidation sites excluding steroid dienone is 1. The van der Waals surface area contributed by atoms with E-state index in [4.69, 9.17) is 0 Å². The van der Waals surface area contributed by atoms with Gasteiger partial charge in [0.15, 0.2) is 0 Å². The molecule has 0 aliphatic heterocycles. The van der Waals surface area contributed by atoms with Crippen molar-refractivity contribution in [1.29, 1.82) is 5.26 Å². The first kappa shape index (κ1) is 19.4. The van der Waals surface area contributed by atoms with Crippen LogP contribution in [-0.4, -0.2) is 0 Å². The van der Waals surface area contributed by atoms with Gasteiger partial charge in [0, 0.05) is 0 Å². The van der Waals surface area contributed by atoms with Crippen molar-refractivity contribution in [2.24, 2.45) is 0 Å². The van der Waals surface area contributed by atoms with Gasteiger partial charge < -0.3 is 0 Å². The Morgan fingerprint density at radius 1 is 0.567 bits per heavy atom. The lowest BCUT2D eigenvalue weighted by atomic mass is 9.98. The van der Waals surface area contributed by atoms with E-state index in [9.17, 15) is 5.26 Å². The van der Waals surface area contributed by atoms with Gasteiger partial charge in [0.05, 0.1) is 11.6 Å². The van der Waals surface area contributed by atoms with Crippen LogP contribution in [0, 0.1) is 25.2 Å². The van der Waals surface area contributed by atoms with Gasteiger partial charge in [0.1, 0.15) is 0 Å². The summed E-state index contributed by atoms with van der Waals surface area (Å²) in [6, 6.07) is 35.9. The molecule has 0 saturated carbocycles. The minimum Gasteiger partial charge on any atom is -0.192 e. The summed E-state index contributed by atoms with van der Waals surface area (Å²) in [5, 5.41) is 9.70. The number of benzene rings is 4. The van der Waals surface area contributed by atoms with Gasteiger partial charge in [-0.25, -0.2) is 0 Å². The van der Waals surface area contributed by atoms with Crippen LogP contribution in [0.3, 0.4) is 0 Å². The Labute approximate surface area is 178 Å². The van der Waals surface area contributed by atoms with Crippen LogP contribution in [-0.2, 0) is 0 Å². The molecule has 1 nitrogen and oxygen atoms in total. The lowest BCUT2D eigenvalue weighted by Crippen LogP contribution is -1.85. The average Bonchev–Trinajstić information content (AvgIpc) is 2.79. The second-order valence-electron chi connectivity index (χ2n) is 7.60. The number of rotatable bonds is 4. The molecule has 0 spiro atoms. The van der Waals surface area contributed by atoms with Crippen LogP contribution >= 0.6 is 0 Å². The zero-order valence-corrected chi connectivity index (χ0v) is 17.3. The summed E-state index contributed by atoms with van der Waals surface area (Å²) < 4.78 is 0. The van der Waals surface area contributed by atoms with Crippen molar-refractivity contribution in [1.82, 2.24) is 0 Å². The van der Waals surface area contributed by atoms with Gasteiger partial charge in [0.25, 0.3) is 0 Å². The Balaban J connectivity index is 1.56. The van der Waals surface area contributed by atoms with Gasteiger partial charge in [-0.1, -0.05) is 108 Å². The Kier molecular flexibility index (Phi) is 5.59. The maximum atomic E-state index is 9.70. The van der Waals surface area contributed by atoms with Crippen LogP contribution in [0.2, 0.25) is 0 Å². The van der Waals surface area contributed by atoms with Crippen LogP contribution < -0.4 is 0 Å². The second-order valence-corrected chi connectivity index (χ2v) is 7.60. The van der Waals surface area contributed by atoms with Crippen molar-refractivity contribution in [2.45, 2.75) is 13.8 Å². The molecule has 0 saturated heterocycles. The molecule has 0 aliphatic carbocycles. The molecule has 0 radical (unpaired) electrons. The lowest BCUT2D eigenvalue weighted by molar-refractivity contribution is 1.46. The zero-order valence-electron chi connectivity index (χ0n) is 17.3. The summed E-state index contributed by atoms with van der Waals surface area (Å²) in [4.78, 5) is 0. The van der Waals surface area contributed by atoms with Crippen LogP contribution in [0.1, 0.15) is 22.3 Å². The van der Waals surface area contributed by atoms with Crippen molar-refractivity contribution in [3.63, 3.8) is 0 Å². The zero-order chi connectivity index (χ0) is 20.9. The van der Waals surface area contributed by atoms with Gasteiger partial charge in [0.2, 0.25) is 0 Å². The summed E-state index contributed by atoms with van der Waals surface area (Å²) in [7, 11) is 0. The molecule has 30 heavy (non-hydrogen) atoms. The molecule has 0 unspecified atom stereocenters. The molecule has 0 fully saturated rings. The summed E-state index contributed by atoms with van der Waals surface area (Å²) in [6.45, 7) is 4.18. The molecule has 0 aromatic heterocycles. The van der Waals surface area contributed by atoms with Crippen molar-refractivity contribution in [3.8, 4) is 28.3 Å². The van der Waals surface area contributed by atoms with Gasteiger partial charge in [-0.3, -0.25) is 0 Å². The molecule has 0 amide bonds. The monoisotopic (exact) mass is 385 g/mol. The fraction of sp³-hybridized carbons (Fsp3) is 0.0690. The van der Waals surface area contributed by atoms with Crippen LogP contribution in [0.15, 0.2) is 97.1 Å². The number of aryl methyl sites for hydroxylation is 2. The highest BCUT2D eigenvalue weighted by Crippen LogP contribution is 2.25. The van der Waals surface area contributed by atoms with Gasteiger partial charge in [-0.15, -0.1) is 0 Å². The van der Waals surface area contributed by atoms with E-state index in [-0.39, 0.29) is 0 Å². The maximum absolute atomic E-state index is 9.70. The predicted octanol–water partition coefficient (Wildman–Crippen LogP) is 7.70. The number of hydrogen-bond donors (Lipinski definition) is 0. The van der Waals surface area contributed by atoms with E-state index in [0.717, 1.165) is 16.7 Å². The van der Waals surface area contributed by atoms with Gasteiger partial charge >= 0.3 is 0 Å². The molecular weight excluding hydrogens is 362 g/mol. The normalized spacial score (nSPS) is 11.2. The van der Waals surface area contributed by atoms with E-state index in [2.05, 4.69) is 105 Å². The highest BCUT2D eigenvalue weighted by molar-refractivity contribution is 5.90. The molecular formula is C29H23N. The smallest absolute Gasteiger partial charge is 0.0998 e. The van der Waals surface area contributed by atoms with E-state index in [1.165, 1.54) is 27.8 Å². The molecule has 4 rings (SSSR count). The SMILES string of the molecule is Cc1ccc(-c2ccc(/C=C(\C#N)c3ccc(-c4ccc(C)cc4)cc3)cc2)cc1. The van der Waals surface area contributed by atoms with Crippen molar-refractivity contribution < 1.29 is 0 Å². The van der Waals surface area contributed by atoms with Crippen molar-refractivity contribution in [3.05, 3.63) is 119 Å². The predicted molar refractivity (Wildman–Crippen MR) is 127 cm³/mol. The third-order valence-electron chi connectivity index (χ3n) is 5.31. The number of nitriles is 1. The molecule has 4 aromatic rings. The largest absolute Gasteiger partial charge is 0.192 e. The van der Waals surface area contributed by atoms with Crippen LogP contribution in [0.5, 0.6) is 0 Å². The standard InChI is InChI=1S/C29H23N/c1-21-3-9-24(10-4-21)26-13-7-23(8-14-26)19-29(20-30)28-17-15-27(16-18-28)25-11-5-22(2)6-12-25/h3-19H,1-2H3/b29-19+. The molecule has 0 aliphatic rings.